The number of ether oxygens (including phenoxy) is 2. The molecule has 0 fully saturated rings. The molecular weight excluding hydrogens is 1260 g/mol. The molecule has 6 aromatic rings. The molecule has 0 N–H and O–H groups in total. The Morgan fingerprint density at radius 3 is 1.26 bits per heavy atom. The summed E-state index contributed by atoms with van der Waals surface area (Å²) in [5, 5.41) is 2.52. The summed E-state index contributed by atoms with van der Waals surface area (Å²) in [4.78, 5) is 4.18. The summed E-state index contributed by atoms with van der Waals surface area (Å²) in [5.74, 6) is 3.45. The van der Waals surface area contributed by atoms with Crippen LogP contribution in [0.1, 0.15) is 30.4 Å². The molecule has 8 rings (SSSR count). The molecule has 4 aromatic carbocycles. The minimum absolute atomic E-state index is 0. The van der Waals surface area contributed by atoms with Crippen molar-refractivity contribution in [3.63, 3.8) is 0 Å². The maximum atomic E-state index is 6.07. The molecule has 0 amide bonds. The van der Waals surface area contributed by atoms with Crippen LogP contribution in [0.15, 0.2) is 158 Å². The number of halogens is 4. The molecule has 0 saturated heterocycles. The highest BCUT2D eigenvalue weighted by Crippen LogP contribution is 2.38. The number of fused-ring (bicyclic) bond motifs is 4. The van der Waals surface area contributed by atoms with Crippen molar-refractivity contribution in [1.82, 2.24) is 0 Å². The SMILES string of the molecule is CN1/C(=C\C=C\c2cc[n+](CCC[N+](C)(C)CCC[N+](C)(C)CCC[n+]3ccc(/C=C/C=C4/Oc5ccccc5N4C)c4ccccc43)c3ccccc23)Oc2ccccc21.[I-].[I-].[I-].[I-]. The molecule has 344 valence electrons. The van der Waals surface area contributed by atoms with E-state index in [0.717, 1.165) is 82.6 Å². The van der Waals surface area contributed by atoms with Gasteiger partial charge in [-0.1, -0.05) is 72.8 Å². The molecule has 0 bridgehead atoms. The third-order valence-electron chi connectivity index (χ3n) is 12.3. The van der Waals surface area contributed by atoms with Crippen LogP contribution in [0.4, 0.5) is 11.4 Å². The summed E-state index contributed by atoms with van der Waals surface area (Å²) in [7, 11) is 13.7. The van der Waals surface area contributed by atoms with Crippen molar-refractivity contribution in [2.24, 2.45) is 0 Å². The molecule has 4 heterocycles. The van der Waals surface area contributed by atoms with Gasteiger partial charge in [-0.15, -0.1) is 0 Å². The van der Waals surface area contributed by atoms with Gasteiger partial charge in [-0.3, -0.25) is 0 Å². The van der Waals surface area contributed by atoms with Gasteiger partial charge in [-0.25, -0.2) is 0 Å². The first-order chi connectivity index (χ1) is 29.6. The zero-order chi connectivity index (χ0) is 42.4. The van der Waals surface area contributed by atoms with Gasteiger partial charge in [-0.05, 0) is 59.7 Å². The summed E-state index contributed by atoms with van der Waals surface area (Å²) < 4.78 is 19.0. The number of rotatable bonds is 16. The monoisotopic (exact) mass is 1320 g/mol. The lowest BCUT2D eigenvalue weighted by Crippen LogP contribution is -3.00. The van der Waals surface area contributed by atoms with E-state index in [9.17, 15) is 0 Å². The van der Waals surface area contributed by atoms with Gasteiger partial charge in [0.15, 0.2) is 48.7 Å². The van der Waals surface area contributed by atoms with Gasteiger partial charge in [-0.2, -0.15) is 9.13 Å². The van der Waals surface area contributed by atoms with Crippen LogP contribution in [-0.2, 0) is 13.1 Å². The highest BCUT2D eigenvalue weighted by molar-refractivity contribution is 5.86. The van der Waals surface area contributed by atoms with Crippen molar-refractivity contribution in [1.29, 1.82) is 0 Å². The topological polar surface area (TPSA) is 32.7 Å². The first-order valence-electron chi connectivity index (χ1n) is 21.8. The largest absolute Gasteiger partial charge is 1.00 e. The fourth-order valence-electron chi connectivity index (χ4n) is 8.79. The van der Waals surface area contributed by atoms with Crippen molar-refractivity contribution in [3.8, 4) is 11.5 Å². The number of para-hydroxylation sites is 6. The Kier molecular flexibility index (Phi) is 20.6. The third-order valence-corrected chi connectivity index (χ3v) is 12.3. The van der Waals surface area contributed by atoms with Gasteiger partial charge in [0.1, 0.15) is 0 Å². The quantitative estimate of drug-likeness (QED) is 0.0605. The average Bonchev–Trinajstić information content (AvgIpc) is 3.76. The third kappa shape index (κ3) is 13.5. The van der Waals surface area contributed by atoms with E-state index in [1.54, 1.807) is 0 Å². The van der Waals surface area contributed by atoms with Gasteiger partial charge in [0, 0.05) is 44.8 Å². The summed E-state index contributed by atoms with van der Waals surface area (Å²) in [6.07, 6.45) is 20.6. The number of benzene rings is 4. The Hall–Kier alpha value is -3.30. The van der Waals surface area contributed by atoms with Crippen molar-refractivity contribution in [2.45, 2.75) is 32.4 Å². The molecule has 12 heteroatoms. The van der Waals surface area contributed by atoms with E-state index < -0.39 is 0 Å². The zero-order valence-electron chi connectivity index (χ0n) is 38.4. The Morgan fingerprint density at radius 2 is 0.846 bits per heavy atom. The van der Waals surface area contributed by atoms with E-state index in [1.165, 1.54) is 52.4 Å². The summed E-state index contributed by atoms with van der Waals surface area (Å²) in [6.45, 7) is 6.64. The lowest BCUT2D eigenvalue weighted by molar-refractivity contribution is -0.911. The molecule has 2 aromatic heterocycles. The van der Waals surface area contributed by atoms with Gasteiger partial charge in [0.2, 0.25) is 11.0 Å². The molecule has 0 spiro atoms. The first kappa shape index (κ1) is 54.3. The molecule has 0 saturated carbocycles. The van der Waals surface area contributed by atoms with E-state index in [4.69, 9.17) is 9.47 Å². The summed E-state index contributed by atoms with van der Waals surface area (Å²) in [6, 6.07) is 38.3. The van der Waals surface area contributed by atoms with Crippen molar-refractivity contribution in [2.75, 3.05) is 78.3 Å². The van der Waals surface area contributed by atoms with E-state index in [2.05, 4.69) is 157 Å². The van der Waals surface area contributed by atoms with Crippen molar-refractivity contribution >= 4 is 45.3 Å². The average molecular weight is 1320 g/mol. The number of anilines is 2. The second-order valence-electron chi connectivity index (χ2n) is 17.8. The molecule has 2 aliphatic heterocycles. The maximum absolute atomic E-state index is 6.07. The number of pyridine rings is 2. The smallest absolute Gasteiger partial charge is 0.213 e. The minimum Gasteiger partial charge on any atom is -1.00 e. The van der Waals surface area contributed by atoms with Crippen molar-refractivity contribution in [3.05, 3.63) is 169 Å². The molecule has 0 radical (unpaired) electrons. The second-order valence-corrected chi connectivity index (χ2v) is 17.8. The Morgan fingerprint density at radius 1 is 0.477 bits per heavy atom. The number of nitrogens with zero attached hydrogens (tertiary/aromatic N) is 6. The minimum atomic E-state index is 0. The molecule has 2 aliphatic rings. The Labute approximate surface area is 455 Å². The van der Waals surface area contributed by atoms with Gasteiger partial charge >= 0.3 is 0 Å². The van der Waals surface area contributed by atoms with Crippen molar-refractivity contribution < 1.29 is 123 Å². The number of hydrogen-bond acceptors (Lipinski definition) is 4. The number of aryl methyl sites for hydroxylation is 2. The molecule has 0 atom stereocenters. The summed E-state index contributed by atoms with van der Waals surface area (Å²) in [5.41, 5.74) is 7.12. The molecule has 65 heavy (non-hydrogen) atoms. The number of aromatic nitrogens is 2. The van der Waals surface area contributed by atoms with E-state index in [1.807, 2.05) is 62.6 Å². The molecular formula is C53H62I4N6O2. The zero-order valence-corrected chi connectivity index (χ0v) is 47.0. The van der Waals surface area contributed by atoms with Crippen LogP contribution < -0.4 is 124 Å². The van der Waals surface area contributed by atoms with E-state index in [-0.39, 0.29) is 95.9 Å². The molecule has 0 aliphatic carbocycles. The highest BCUT2D eigenvalue weighted by Gasteiger charge is 2.24. The van der Waals surface area contributed by atoms with Gasteiger partial charge in [0.25, 0.3) is 0 Å². The predicted octanol–water partition coefficient (Wildman–Crippen LogP) is -2.63. The fraction of sp³-hybridized carbons (Fsp3) is 0.283. The van der Waals surface area contributed by atoms with Crippen LogP contribution in [0.25, 0.3) is 34.0 Å². The Balaban J connectivity index is 0.00000231. The van der Waals surface area contributed by atoms with Crippen LogP contribution in [0.5, 0.6) is 11.5 Å². The second kappa shape index (κ2) is 24.6. The van der Waals surface area contributed by atoms with Crippen LogP contribution in [0.2, 0.25) is 0 Å². The highest BCUT2D eigenvalue weighted by atomic mass is 127. The van der Waals surface area contributed by atoms with Gasteiger partial charge in [0.05, 0.1) is 89.4 Å². The van der Waals surface area contributed by atoms with Gasteiger partial charge < -0.3 is 124 Å². The Bertz CT molecular complexity index is 2480. The standard InChI is InChI=1S/C53H62N6O2.4HI/c1-54-48-26-11-13-28-50(48)60-52(54)30-15-20-42-32-36-56(46-24-9-7-22-44(42)46)34-17-38-58(3,4)40-19-41-59(5,6)39-18-35-57-37-33-43(45-23-8-10-25-47(45)57)21-16-31-53-55(2)49-27-12-14-29-51(49)61-53;;;;/h7-16,20-33,36-37H,17-19,34-35,38-41H2,1-6H3;4*1H/q+4;;;;/p-4. The fourth-order valence-corrected chi connectivity index (χ4v) is 8.79. The number of hydrogen-bond donors (Lipinski definition) is 0. The van der Waals surface area contributed by atoms with Crippen LogP contribution in [0, 0.1) is 0 Å². The number of quaternary nitrogens is 2. The first-order valence-corrected chi connectivity index (χ1v) is 21.8. The number of allylic oxidation sites excluding steroid dienone is 4. The predicted molar refractivity (Wildman–Crippen MR) is 251 cm³/mol. The van der Waals surface area contributed by atoms with Crippen LogP contribution in [0.3, 0.4) is 0 Å². The lowest BCUT2D eigenvalue weighted by atomic mass is 10.1. The van der Waals surface area contributed by atoms with Crippen LogP contribution in [-0.4, -0.2) is 77.4 Å². The molecule has 8 nitrogen and oxygen atoms in total. The lowest BCUT2D eigenvalue weighted by Gasteiger charge is -2.33. The summed E-state index contributed by atoms with van der Waals surface area (Å²) >= 11 is 0. The molecule has 0 unspecified atom stereocenters. The van der Waals surface area contributed by atoms with E-state index in [0.29, 0.717) is 0 Å². The van der Waals surface area contributed by atoms with E-state index >= 15 is 0 Å². The maximum Gasteiger partial charge on any atom is 0.213 e. The normalized spacial score (nSPS) is 14.5. The van der Waals surface area contributed by atoms with Crippen LogP contribution >= 0.6 is 0 Å².